The van der Waals surface area contributed by atoms with Crippen LogP contribution < -0.4 is 10.6 Å². The topological polar surface area (TPSA) is 61.4 Å². The van der Waals surface area contributed by atoms with Gasteiger partial charge in [0.15, 0.2) is 0 Å². The van der Waals surface area contributed by atoms with Crippen molar-refractivity contribution in [1.29, 1.82) is 0 Å². The van der Waals surface area contributed by atoms with Crippen molar-refractivity contribution in [2.45, 2.75) is 39.2 Å². The lowest BCUT2D eigenvalue weighted by atomic mass is 10.0. The predicted molar refractivity (Wildman–Crippen MR) is 92.5 cm³/mol. The summed E-state index contributed by atoms with van der Waals surface area (Å²) < 4.78 is 14.2. The van der Waals surface area contributed by atoms with Crippen molar-refractivity contribution in [1.82, 2.24) is 10.2 Å². The van der Waals surface area contributed by atoms with Gasteiger partial charge in [0.1, 0.15) is 5.82 Å². The molecule has 6 heteroatoms. The van der Waals surface area contributed by atoms with Crippen molar-refractivity contribution in [2.75, 3.05) is 25.5 Å². The van der Waals surface area contributed by atoms with Gasteiger partial charge in [-0.25, -0.2) is 4.39 Å². The summed E-state index contributed by atoms with van der Waals surface area (Å²) in [6.45, 7) is 5.18. The first kappa shape index (κ1) is 18.4. The fourth-order valence-corrected chi connectivity index (χ4v) is 2.88. The van der Waals surface area contributed by atoms with Crippen LogP contribution >= 0.6 is 0 Å². The number of benzene rings is 1. The minimum atomic E-state index is -0.580. The van der Waals surface area contributed by atoms with Gasteiger partial charge in [-0.15, -0.1) is 0 Å². The van der Waals surface area contributed by atoms with Crippen molar-refractivity contribution in [3.05, 3.63) is 29.6 Å². The molecule has 1 saturated heterocycles. The molecule has 0 saturated carbocycles. The third-order valence-electron chi connectivity index (χ3n) is 4.27. The van der Waals surface area contributed by atoms with Crippen molar-refractivity contribution in [2.24, 2.45) is 5.92 Å². The molecule has 0 atom stereocenters. The monoisotopic (exact) mass is 335 g/mol. The van der Waals surface area contributed by atoms with Crippen LogP contribution in [0.3, 0.4) is 0 Å². The lowest BCUT2D eigenvalue weighted by molar-refractivity contribution is -0.116. The highest BCUT2D eigenvalue weighted by Crippen LogP contribution is 2.19. The second kappa shape index (κ2) is 8.24. The normalized spacial score (nSPS) is 15.6. The average Bonchev–Trinajstić information content (AvgIpc) is 2.55. The fraction of sp³-hybridized carbons (Fsp3) is 0.556. The molecule has 1 fully saturated rings. The van der Waals surface area contributed by atoms with E-state index in [-0.39, 0.29) is 23.4 Å². The van der Waals surface area contributed by atoms with Gasteiger partial charge in [-0.2, -0.15) is 0 Å². The number of anilines is 1. The highest BCUT2D eigenvalue weighted by molar-refractivity contribution is 5.96. The molecule has 1 aliphatic rings. The van der Waals surface area contributed by atoms with E-state index in [1.165, 1.54) is 12.1 Å². The quantitative estimate of drug-likeness (QED) is 0.869. The molecule has 1 aromatic rings. The van der Waals surface area contributed by atoms with E-state index >= 15 is 0 Å². The molecule has 0 aliphatic carbocycles. The van der Waals surface area contributed by atoms with E-state index in [0.717, 1.165) is 12.8 Å². The number of rotatable bonds is 5. The Kier molecular flexibility index (Phi) is 6.31. The minimum absolute atomic E-state index is 0.117. The molecule has 0 bridgehead atoms. The molecular formula is C18H26FN3O2. The Hall–Kier alpha value is -1.95. The summed E-state index contributed by atoms with van der Waals surface area (Å²) in [5, 5.41) is 5.77. The van der Waals surface area contributed by atoms with Crippen molar-refractivity contribution >= 4 is 17.5 Å². The van der Waals surface area contributed by atoms with Crippen LogP contribution in [-0.2, 0) is 4.79 Å². The van der Waals surface area contributed by atoms with E-state index in [2.05, 4.69) is 10.6 Å². The van der Waals surface area contributed by atoms with E-state index in [9.17, 15) is 14.0 Å². The Morgan fingerprint density at radius 3 is 2.50 bits per heavy atom. The number of hydrogen-bond donors (Lipinski definition) is 2. The Morgan fingerprint density at radius 1 is 1.29 bits per heavy atom. The van der Waals surface area contributed by atoms with E-state index in [1.807, 2.05) is 20.9 Å². The highest BCUT2D eigenvalue weighted by atomic mass is 19.1. The number of hydrogen-bond acceptors (Lipinski definition) is 3. The van der Waals surface area contributed by atoms with Crippen molar-refractivity contribution in [3.8, 4) is 0 Å². The molecule has 0 aromatic heterocycles. The number of carbonyl (C=O) groups excluding carboxylic acids is 2. The predicted octanol–water partition coefficient (Wildman–Crippen LogP) is 2.63. The van der Waals surface area contributed by atoms with Crippen LogP contribution in [0.2, 0.25) is 0 Å². The molecule has 1 aliphatic heterocycles. The summed E-state index contributed by atoms with van der Waals surface area (Å²) in [6, 6.07) is 4.67. The maximum atomic E-state index is 14.2. The van der Waals surface area contributed by atoms with E-state index < -0.39 is 5.82 Å². The van der Waals surface area contributed by atoms with Crippen LogP contribution in [0, 0.1) is 11.7 Å². The molecule has 1 aromatic carbocycles. The van der Waals surface area contributed by atoms with Gasteiger partial charge in [-0.3, -0.25) is 9.59 Å². The van der Waals surface area contributed by atoms with Gasteiger partial charge in [0.25, 0.3) is 5.91 Å². The van der Waals surface area contributed by atoms with Crippen LogP contribution in [0.15, 0.2) is 18.2 Å². The smallest absolute Gasteiger partial charge is 0.253 e. The standard InChI is InChI=1S/C18H26FN3O2/c1-12(2)10-17(23)21-16-5-4-13(11-15(16)19)18(24)22-8-6-14(20-3)7-9-22/h4-5,11-12,14,20H,6-10H2,1-3H3,(H,21,23). The number of likely N-dealkylation sites (tertiary alicyclic amines) is 1. The summed E-state index contributed by atoms with van der Waals surface area (Å²) in [5.74, 6) is -0.766. The van der Waals surface area contributed by atoms with Crippen LogP contribution in [0.1, 0.15) is 43.5 Å². The molecule has 2 N–H and O–H groups in total. The molecular weight excluding hydrogens is 309 g/mol. The van der Waals surface area contributed by atoms with Gasteiger partial charge in [0.05, 0.1) is 5.69 Å². The number of carbonyl (C=O) groups is 2. The zero-order valence-electron chi connectivity index (χ0n) is 14.6. The molecule has 132 valence electrons. The highest BCUT2D eigenvalue weighted by Gasteiger charge is 2.23. The van der Waals surface area contributed by atoms with Crippen molar-refractivity contribution in [3.63, 3.8) is 0 Å². The summed E-state index contributed by atoms with van der Waals surface area (Å²) in [6.07, 6.45) is 2.13. The first-order valence-corrected chi connectivity index (χ1v) is 8.46. The third kappa shape index (κ3) is 4.77. The Balaban J connectivity index is 2.01. The fourth-order valence-electron chi connectivity index (χ4n) is 2.88. The van der Waals surface area contributed by atoms with Crippen LogP contribution in [0.4, 0.5) is 10.1 Å². The Morgan fingerprint density at radius 2 is 1.96 bits per heavy atom. The number of amides is 2. The van der Waals surface area contributed by atoms with Crippen molar-refractivity contribution < 1.29 is 14.0 Å². The second-order valence-electron chi connectivity index (χ2n) is 6.70. The molecule has 1 heterocycles. The van der Waals surface area contributed by atoms with Gasteiger partial charge in [-0.1, -0.05) is 13.8 Å². The summed E-state index contributed by atoms with van der Waals surface area (Å²) in [5.41, 5.74) is 0.434. The number of nitrogens with zero attached hydrogens (tertiary/aromatic N) is 1. The van der Waals surface area contributed by atoms with E-state index in [0.29, 0.717) is 31.1 Å². The van der Waals surface area contributed by atoms with Crippen LogP contribution in [0.5, 0.6) is 0 Å². The minimum Gasteiger partial charge on any atom is -0.339 e. The average molecular weight is 335 g/mol. The number of nitrogens with one attached hydrogen (secondary N) is 2. The molecule has 0 radical (unpaired) electrons. The first-order chi connectivity index (χ1) is 11.4. The van der Waals surface area contributed by atoms with Crippen LogP contribution in [0.25, 0.3) is 0 Å². The lowest BCUT2D eigenvalue weighted by Gasteiger charge is -2.31. The number of piperidine rings is 1. The second-order valence-corrected chi connectivity index (χ2v) is 6.70. The van der Waals surface area contributed by atoms with Gasteiger partial charge in [0.2, 0.25) is 5.91 Å². The zero-order chi connectivity index (χ0) is 17.7. The van der Waals surface area contributed by atoms with Crippen LogP contribution in [-0.4, -0.2) is 42.9 Å². The maximum Gasteiger partial charge on any atom is 0.253 e. The summed E-state index contributed by atoms with van der Waals surface area (Å²) in [4.78, 5) is 26.0. The molecule has 5 nitrogen and oxygen atoms in total. The maximum absolute atomic E-state index is 14.2. The molecule has 0 spiro atoms. The lowest BCUT2D eigenvalue weighted by Crippen LogP contribution is -2.43. The van der Waals surface area contributed by atoms with Gasteiger partial charge < -0.3 is 15.5 Å². The summed E-state index contributed by atoms with van der Waals surface area (Å²) >= 11 is 0. The summed E-state index contributed by atoms with van der Waals surface area (Å²) in [7, 11) is 1.92. The SMILES string of the molecule is CNC1CCN(C(=O)c2ccc(NC(=O)CC(C)C)c(F)c2)CC1. The largest absolute Gasteiger partial charge is 0.339 e. The molecule has 24 heavy (non-hydrogen) atoms. The van der Waals surface area contributed by atoms with Gasteiger partial charge >= 0.3 is 0 Å². The first-order valence-electron chi connectivity index (χ1n) is 8.46. The Labute approximate surface area is 142 Å². The number of halogens is 1. The third-order valence-corrected chi connectivity index (χ3v) is 4.27. The molecule has 2 amide bonds. The van der Waals surface area contributed by atoms with Gasteiger partial charge in [0, 0.05) is 31.1 Å². The Bertz CT molecular complexity index is 596. The molecule has 0 unspecified atom stereocenters. The zero-order valence-corrected chi connectivity index (χ0v) is 14.6. The molecule has 2 rings (SSSR count). The van der Waals surface area contributed by atoms with E-state index in [1.54, 1.807) is 11.0 Å². The van der Waals surface area contributed by atoms with Gasteiger partial charge in [-0.05, 0) is 44.0 Å². The van der Waals surface area contributed by atoms with E-state index in [4.69, 9.17) is 0 Å².